The Morgan fingerprint density at radius 2 is 1.02 bits per heavy atom. The molecular weight excluding hydrogens is 605 g/mol. The van der Waals surface area contributed by atoms with E-state index in [0.717, 1.165) is 0 Å². The fraction of sp³-hybridized carbons (Fsp3) is 0.292. The SMILES string of the molecule is CC1=CC=C(N(c2ccc(C)c(C)c2)c2c3ccccc3c(N(c3ccc(C)c(C)c3)C3C=CC(C)=C(C)C3C)c3ccccc23)C(C)C1C. The molecule has 2 nitrogen and oxygen atoms in total. The molecule has 0 aliphatic heterocycles. The predicted octanol–water partition coefficient (Wildman–Crippen LogP) is 13.5. The van der Waals surface area contributed by atoms with Crippen LogP contribution in [0.5, 0.6) is 0 Å². The van der Waals surface area contributed by atoms with Gasteiger partial charge in [0.1, 0.15) is 0 Å². The summed E-state index contributed by atoms with van der Waals surface area (Å²) in [5.74, 6) is 1.13. The Labute approximate surface area is 300 Å². The number of benzene rings is 5. The smallest absolute Gasteiger partial charge is 0.0616 e. The molecule has 5 aromatic rings. The molecular formula is C48H52N2. The van der Waals surface area contributed by atoms with Gasteiger partial charge in [-0.25, -0.2) is 0 Å². The highest BCUT2D eigenvalue weighted by Crippen LogP contribution is 2.51. The second kappa shape index (κ2) is 13.1. The second-order valence-corrected chi connectivity index (χ2v) is 15.1. The summed E-state index contributed by atoms with van der Waals surface area (Å²) in [7, 11) is 0. The van der Waals surface area contributed by atoms with E-state index in [0.29, 0.717) is 17.8 Å². The van der Waals surface area contributed by atoms with E-state index in [4.69, 9.17) is 0 Å². The van der Waals surface area contributed by atoms with Crippen molar-refractivity contribution in [3.05, 3.63) is 154 Å². The molecule has 0 heterocycles. The number of allylic oxidation sites excluding steroid dienone is 6. The minimum Gasteiger partial charge on any atom is -0.333 e. The molecule has 7 rings (SSSR count). The van der Waals surface area contributed by atoms with E-state index in [-0.39, 0.29) is 6.04 Å². The molecule has 50 heavy (non-hydrogen) atoms. The fourth-order valence-electron chi connectivity index (χ4n) is 8.10. The maximum atomic E-state index is 2.65. The lowest BCUT2D eigenvalue weighted by molar-refractivity contribution is 0.490. The van der Waals surface area contributed by atoms with Gasteiger partial charge in [0.15, 0.2) is 0 Å². The average molecular weight is 657 g/mol. The molecule has 254 valence electrons. The van der Waals surface area contributed by atoms with Gasteiger partial charge in [0, 0.05) is 50.5 Å². The Morgan fingerprint density at radius 3 is 1.58 bits per heavy atom. The largest absolute Gasteiger partial charge is 0.333 e. The van der Waals surface area contributed by atoms with Crippen molar-refractivity contribution >= 4 is 44.3 Å². The van der Waals surface area contributed by atoms with Crippen molar-refractivity contribution in [2.75, 3.05) is 9.80 Å². The minimum absolute atomic E-state index is 0.157. The van der Waals surface area contributed by atoms with Crippen LogP contribution in [0, 0.1) is 45.4 Å². The summed E-state index contributed by atoms with van der Waals surface area (Å²) >= 11 is 0. The van der Waals surface area contributed by atoms with Crippen molar-refractivity contribution in [3.8, 4) is 0 Å². The third-order valence-corrected chi connectivity index (χ3v) is 12.2. The van der Waals surface area contributed by atoms with Crippen LogP contribution in [-0.4, -0.2) is 6.04 Å². The summed E-state index contributed by atoms with van der Waals surface area (Å²) in [5.41, 5.74) is 15.8. The number of hydrogen-bond acceptors (Lipinski definition) is 2. The van der Waals surface area contributed by atoms with Gasteiger partial charge in [-0.2, -0.15) is 0 Å². The van der Waals surface area contributed by atoms with E-state index in [9.17, 15) is 0 Å². The lowest BCUT2D eigenvalue weighted by atomic mass is 9.82. The highest BCUT2D eigenvalue weighted by Gasteiger charge is 2.34. The normalized spacial score (nSPS) is 20.7. The first-order valence-electron chi connectivity index (χ1n) is 18.4. The first kappa shape index (κ1) is 33.7. The quantitative estimate of drug-likeness (QED) is 0.133. The van der Waals surface area contributed by atoms with Crippen molar-refractivity contribution in [2.24, 2.45) is 17.8 Å². The van der Waals surface area contributed by atoms with Crippen molar-refractivity contribution in [1.29, 1.82) is 0 Å². The second-order valence-electron chi connectivity index (χ2n) is 15.1. The van der Waals surface area contributed by atoms with Crippen molar-refractivity contribution < 1.29 is 0 Å². The van der Waals surface area contributed by atoms with E-state index >= 15 is 0 Å². The van der Waals surface area contributed by atoms with Gasteiger partial charge in [-0.15, -0.1) is 0 Å². The molecule has 0 spiro atoms. The maximum absolute atomic E-state index is 2.65. The van der Waals surface area contributed by atoms with Gasteiger partial charge in [-0.05, 0) is 107 Å². The predicted molar refractivity (Wildman–Crippen MR) is 218 cm³/mol. The summed E-state index contributed by atoms with van der Waals surface area (Å²) < 4.78 is 0. The van der Waals surface area contributed by atoms with Crippen molar-refractivity contribution in [3.63, 3.8) is 0 Å². The molecule has 5 aromatic carbocycles. The Hall–Kier alpha value is -4.82. The third kappa shape index (κ3) is 5.59. The Kier molecular flexibility index (Phi) is 8.85. The number of anilines is 4. The van der Waals surface area contributed by atoms with Gasteiger partial charge in [0.05, 0.1) is 17.4 Å². The molecule has 0 fully saturated rings. The molecule has 0 saturated heterocycles. The molecule has 4 atom stereocenters. The lowest BCUT2D eigenvalue weighted by Crippen LogP contribution is -2.37. The third-order valence-electron chi connectivity index (χ3n) is 12.2. The van der Waals surface area contributed by atoms with Gasteiger partial charge in [-0.3, -0.25) is 0 Å². The summed E-state index contributed by atoms with van der Waals surface area (Å²) in [4.78, 5) is 5.24. The van der Waals surface area contributed by atoms with Crippen LogP contribution in [0.3, 0.4) is 0 Å². The van der Waals surface area contributed by atoms with Gasteiger partial charge in [0.25, 0.3) is 0 Å². The molecule has 2 heteroatoms. The van der Waals surface area contributed by atoms with E-state index in [1.807, 2.05) is 0 Å². The molecule has 0 aromatic heterocycles. The first-order valence-corrected chi connectivity index (χ1v) is 18.4. The molecule has 2 aliphatic carbocycles. The van der Waals surface area contributed by atoms with Crippen LogP contribution in [0.4, 0.5) is 22.7 Å². The van der Waals surface area contributed by atoms with E-state index in [2.05, 4.69) is 188 Å². The molecule has 4 unspecified atom stereocenters. The number of hydrogen-bond donors (Lipinski definition) is 0. The standard InChI is InChI=1S/C48H52N2/c1-29-19-23-39(27-33(29)5)49(45-25-21-31(3)35(7)37(45)9)47-41-15-11-13-17-43(41)48(44-18-14-12-16-42(44)47)50(40-24-20-30(2)34(6)28-40)46-26-22-32(4)36(8)38(46)10/h11-28,35,37-38,46H,1-10H3. The summed E-state index contributed by atoms with van der Waals surface area (Å²) in [6.45, 7) is 22.9. The fourth-order valence-corrected chi connectivity index (χ4v) is 8.10. The topological polar surface area (TPSA) is 6.48 Å². The summed E-state index contributed by atoms with van der Waals surface area (Å²) in [5, 5.41) is 5.05. The summed E-state index contributed by atoms with van der Waals surface area (Å²) in [6.07, 6.45) is 9.48. The van der Waals surface area contributed by atoms with Crippen molar-refractivity contribution in [2.45, 2.75) is 75.3 Å². The number of fused-ring (bicyclic) bond motifs is 2. The van der Waals surface area contributed by atoms with Crippen LogP contribution in [0.25, 0.3) is 21.5 Å². The van der Waals surface area contributed by atoms with Gasteiger partial charge >= 0.3 is 0 Å². The zero-order valence-electron chi connectivity index (χ0n) is 31.6. The van der Waals surface area contributed by atoms with Crippen LogP contribution in [0.2, 0.25) is 0 Å². The average Bonchev–Trinajstić information content (AvgIpc) is 3.11. The monoisotopic (exact) mass is 656 g/mol. The van der Waals surface area contributed by atoms with E-state index in [1.165, 1.54) is 89.0 Å². The van der Waals surface area contributed by atoms with E-state index < -0.39 is 0 Å². The zero-order chi connectivity index (χ0) is 35.4. The zero-order valence-corrected chi connectivity index (χ0v) is 31.6. The van der Waals surface area contributed by atoms with Crippen LogP contribution < -0.4 is 9.80 Å². The highest BCUT2D eigenvalue weighted by atomic mass is 15.2. The van der Waals surface area contributed by atoms with Crippen LogP contribution in [0.15, 0.2) is 132 Å². The molecule has 0 saturated carbocycles. The molecule has 2 aliphatic rings. The number of nitrogens with zero attached hydrogens (tertiary/aromatic N) is 2. The van der Waals surface area contributed by atoms with Gasteiger partial charge < -0.3 is 9.80 Å². The first-order chi connectivity index (χ1) is 24.0. The maximum Gasteiger partial charge on any atom is 0.0616 e. The van der Waals surface area contributed by atoms with Crippen LogP contribution in [0.1, 0.15) is 63.8 Å². The van der Waals surface area contributed by atoms with Crippen LogP contribution in [-0.2, 0) is 0 Å². The Balaban J connectivity index is 1.60. The Bertz CT molecular complexity index is 2200. The molecule has 0 amide bonds. The molecule has 0 radical (unpaired) electrons. The van der Waals surface area contributed by atoms with Crippen molar-refractivity contribution in [1.82, 2.24) is 0 Å². The summed E-state index contributed by atoms with van der Waals surface area (Å²) in [6, 6.07) is 32.4. The van der Waals surface area contributed by atoms with Gasteiger partial charge in [-0.1, -0.05) is 116 Å². The number of rotatable bonds is 6. The number of aryl methyl sites for hydroxylation is 4. The molecule has 0 N–H and O–H groups in total. The van der Waals surface area contributed by atoms with Crippen LogP contribution >= 0.6 is 0 Å². The highest BCUT2D eigenvalue weighted by molar-refractivity contribution is 6.22. The Morgan fingerprint density at radius 1 is 0.500 bits per heavy atom. The minimum atomic E-state index is 0.157. The lowest BCUT2D eigenvalue weighted by Gasteiger charge is -2.41. The molecule has 0 bridgehead atoms. The van der Waals surface area contributed by atoms with E-state index in [1.54, 1.807) is 0 Å². The van der Waals surface area contributed by atoms with Gasteiger partial charge in [0.2, 0.25) is 0 Å².